The molecule has 2 aliphatic rings. The van der Waals surface area contributed by atoms with Gasteiger partial charge in [0.05, 0.1) is 43.3 Å². The van der Waals surface area contributed by atoms with Crippen molar-refractivity contribution in [2.45, 2.75) is 38.8 Å². The number of rotatable bonds is 9. The molecule has 2 saturated heterocycles. The van der Waals surface area contributed by atoms with E-state index in [1.54, 1.807) is 16.9 Å². The number of alkyl halides is 3. The van der Waals surface area contributed by atoms with E-state index in [2.05, 4.69) is 21.0 Å². The molecule has 0 aliphatic carbocycles. The number of hydrogen-bond acceptors (Lipinski definition) is 8. The number of ketones is 1. The number of anilines is 1. The number of hydrogen-bond donors (Lipinski definition) is 0. The molecule has 0 saturated carbocycles. The van der Waals surface area contributed by atoms with Crippen LogP contribution in [0.3, 0.4) is 0 Å². The monoisotopic (exact) mass is 570 g/mol. The number of carbonyl (C=O) groups is 1. The molecule has 9 nitrogen and oxygen atoms in total. The Hall–Kier alpha value is -3.69. The van der Waals surface area contributed by atoms with Gasteiger partial charge in [0.1, 0.15) is 29.8 Å². The predicted molar refractivity (Wildman–Crippen MR) is 146 cm³/mol. The number of ether oxygens (including phenoxy) is 2. The van der Waals surface area contributed by atoms with E-state index in [-0.39, 0.29) is 6.42 Å². The van der Waals surface area contributed by atoms with Gasteiger partial charge in [0.15, 0.2) is 0 Å². The zero-order valence-corrected chi connectivity index (χ0v) is 23.0. The maximum Gasteiger partial charge on any atom is 0.395 e. The maximum atomic E-state index is 13.0. The van der Waals surface area contributed by atoms with Crippen LogP contribution in [0.15, 0.2) is 36.8 Å². The fourth-order valence-electron chi connectivity index (χ4n) is 5.92. The van der Waals surface area contributed by atoms with Gasteiger partial charge in [-0.25, -0.2) is 9.50 Å². The summed E-state index contributed by atoms with van der Waals surface area (Å²) in [6, 6.07) is 7.90. The molecule has 3 aromatic heterocycles. The van der Waals surface area contributed by atoms with Gasteiger partial charge in [0.25, 0.3) is 0 Å². The molecule has 2 aliphatic heterocycles. The Labute approximate surface area is 236 Å². The van der Waals surface area contributed by atoms with Crippen LogP contribution in [0.5, 0.6) is 5.75 Å². The summed E-state index contributed by atoms with van der Waals surface area (Å²) in [7, 11) is 0. The van der Waals surface area contributed by atoms with Crippen molar-refractivity contribution in [3.05, 3.63) is 42.4 Å². The fourth-order valence-corrected chi connectivity index (χ4v) is 5.92. The van der Waals surface area contributed by atoms with E-state index in [0.717, 1.165) is 16.9 Å². The molecule has 12 heteroatoms. The van der Waals surface area contributed by atoms with Gasteiger partial charge < -0.3 is 14.4 Å². The van der Waals surface area contributed by atoms with Crippen molar-refractivity contribution in [2.24, 2.45) is 5.41 Å². The predicted octanol–water partition coefficient (Wildman–Crippen LogP) is 4.50. The van der Waals surface area contributed by atoms with Crippen LogP contribution in [0, 0.1) is 16.7 Å². The van der Waals surface area contributed by atoms with Crippen LogP contribution in [0.4, 0.5) is 19.0 Å². The molecule has 5 rings (SSSR count). The number of fused-ring (bicyclic) bond motifs is 1. The zero-order valence-electron chi connectivity index (χ0n) is 23.0. The standard InChI is InChI=1S/C29H33F3N6O3/c1-2-41-24-13-25(27-22(16-33)18-35-38(27)19-24)21-3-4-26(34-17-21)37-7-5-28(6-8-37,14-23(39)15-29(30,31)32)20-36-9-11-40-12-10-36/h3-4,13,17-19H,2,5-12,14-15,20H2,1H3. The molecule has 5 heterocycles. The molecule has 0 bridgehead atoms. The summed E-state index contributed by atoms with van der Waals surface area (Å²) in [5.74, 6) is 0.625. The van der Waals surface area contributed by atoms with Crippen molar-refractivity contribution in [1.82, 2.24) is 19.5 Å². The molecule has 41 heavy (non-hydrogen) atoms. The Morgan fingerprint density at radius 1 is 1.17 bits per heavy atom. The van der Waals surface area contributed by atoms with Gasteiger partial charge in [-0.3, -0.25) is 9.69 Å². The number of nitriles is 1. The summed E-state index contributed by atoms with van der Waals surface area (Å²) in [4.78, 5) is 21.5. The Morgan fingerprint density at radius 2 is 1.93 bits per heavy atom. The average molecular weight is 571 g/mol. The molecule has 2 fully saturated rings. The lowest BCUT2D eigenvalue weighted by atomic mass is 9.73. The summed E-state index contributed by atoms with van der Waals surface area (Å²) in [6.07, 6.45) is 0.231. The molecule has 0 unspecified atom stereocenters. The fraction of sp³-hybridized carbons (Fsp3) is 0.517. The van der Waals surface area contributed by atoms with Crippen LogP contribution in [-0.4, -0.2) is 84.0 Å². The van der Waals surface area contributed by atoms with Crippen LogP contribution in [-0.2, 0) is 9.53 Å². The number of morpholine rings is 1. The minimum atomic E-state index is -4.50. The van der Waals surface area contributed by atoms with Gasteiger partial charge in [-0.15, -0.1) is 0 Å². The van der Waals surface area contributed by atoms with Gasteiger partial charge in [0, 0.05) is 56.5 Å². The normalized spacial score (nSPS) is 17.9. The van der Waals surface area contributed by atoms with Crippen LogP contribution < -0.4 is 9.64 Å². The lowest BCUT2D eigenvalue weighted by molar-refractivity contribution is -0.154. The topological polar surface area (TPSA) is 96.0 Å². The third kappa shape index (κ3) is 6.80. The van der Waals surface area contributed by atoms with E-state index in [4.69, 9.17) is 14.5 Å². The number of Topliss-reactive ketones (excluding diaryl/α,β-unsaturated/α-hetero) is 1. The highest BCUT2D eigenvalue weighted by atomic mass is 19.4. The van der Waals surface area contributed by atoms with Crippen molar-refractivity contribution in [2.75, 3.05) is 57.4 Å². The second-order valence-electron chi connectivity index (χ2n) is 10.8. The van der Waals surface area contributed by atoms with Crippen molar-refractivity contribution in [3.8, 4) is 22.9 Å². The average Bonchev–Trinajstić information content (AvgIpc) is 3.36. The third-order valence-electron chi connectivity index (χ3n) is 7.86. The Morgan fingerprint density at radius 3 is 2.56 bits per heavy atom. The summed E-state index contributed by atoms with van der Waals surface area (Å²) in [5.41, 5.74) is 2.17. The van der Waals surface area contributed by atoms with E-state index < -0.39 is 23.8 Å². The van der Waals surface area contributed by atoms with Gasteiger partial charge in [-0.2, -0.15) is 23.5 Å². The van der Waals surface area contributed by atoms with Crippen molar-refractivity contribution in [3.63, 3.8) is 0 Å². The molecular weight excluding hydrogens is 537 g/mol. The number of carbonyl (C=O) groups excluding carboxylic acids is 1. The van der Waals surface area contributed by atoms with Crippen LogP contribution in [0.25, 0.3) is 16.6 Å². The quantitative estimate of drug-likeness (QED) is 0.371. The summed E-state index contributed by atoms with van der Waals surface area (Å²) >= 11 is 0. The number of halogens is 3. The number of piperidine rings is 1. The lowest BCUT2D eigenvalue weighted by Gasteiger charge is -2.45. The summed E-state index contributed by atoms with van der Waals surface area (Å²) in [5, 5.41) is 13.9. The Kier molecular flexibility index (Phi) is 8.47. The van der Waals surface area contributed by atoms with Gasteiger partial charge in [-0.05, 0) is 43.4 Å². The Balaban J connectivity index is 1.33. The lowest BCUT2D eigenvalue weighted by Crippen LogP contribution is -2.50. The molecule has 3 aromatic rings. The van der Waals surface area contributed by atoms with E-state index in [1.807, 2.05) is 25.1 Å². The number of aromatic nitrogens is 3. The van der Waals surface area contributed by atoms with E-state index in [9.17, 15) is 23.2 Å². The molecule has 0 N–H and O–H groups in total. The zero-order chi connectivity index (χ0) is 29.0. The first-order valence-electron chi connectivity index (χ1n) is 13.8. The molecule has 0 aromatic carbocycles. The third-order valence-corrected chi connectivity index (χ3v) is 7.86. The minimum Gasteiger partial charge on any atom is -0.492 e. The smallest absolute Gasteiger partial charge is 0.395 e. The van der Waals surface area contributed by atoms with Crippen molar-refractivity contribution >= 4 is 17.1 Å². The minimum absolute atomic E-state index is 0.0805. The Bertz CT molecular complexity index is 1400. The molecule has 0 atom stereocenters. The second-order valence-corrected chi connectivity index (χ2v) is 10.8. The van der Waals surface area contributed by atoms with Crippen LogP contribution >= 0.6 is 0 Å². The molecule has 0 spiro atoms. The molecule has 218 valence electrons. The highest BCUT2D eigenvalue weighted by Crippen LogP contribution is 2.39. The first kappa shape index (κ1) is 28.8. The molecule has 0 amide bonds. The molecular formula is C29H33F3N6O3. The first-order chi connectivity index (χ1) is 19.7. The molecule has 0 radical (unpaired) electrons. The number of nitrogens with zero attached hydrogens (tertiary/aromatic N) is 6. The van der Waals surface area contributed by atoms with Crippen LogP contribution in [0.1, 0.15) is 38.2 Å². The van der Waals surface area contributed by atoms with Gasteiger partial charge >= 0.3 is 6.18 Å². The van der Waals surface area contributed by atoms with Crippen LogP contribution in [0.2, 0.25) is 0 Å². The first-order valence-corrected chi connectivity index (χ1v) is 13.8. The number of pyridine rings is 2. The largest absolute Gasteiger partial charge is 0.492 e. The summed E-state index contributed by atoms with van der Waals surface area (Å²) < 4.78 is 51.6. The van der Waals surface area contributed by atoms with Crippen molar-refractivity contribution in [1.29, 1.82) is 5.26 Å². The second kappa shape index (κ2) is 12.0. The van der Waals surface area contributed by atoms with Gasteiger partial charge in [0.2, 0.25) is 0 Å². The SMILES string of the molecule is CCOc1cc(-c2ccc(N3CCC(CC(=O)CC(F)(F)F)(CN4CCOCC4)CC3)nc2)c2c(C#N)cnn2c1. The van der Waals surface area contributed by atoms with Crippen molar-refractivity contribution < 1.29 is 27.4 Å². The maximum absolute atomic E-state index is 13.0. The van der Waals surface area contributed by atoms with E-state index >= 15 is 0 Å². The highest BCUT2D eigenvalue weighted by Gasteiger charge is 2.41. The van der Waals surface area contributed by atoms with E-state index in [0.29, 0.717) is 82.2 Å². The van der Waals surface area contributed by atoms with E-state index in [1.165, 1.54) is 6.20 Å². The summed E-state index contributed by atoms with van der Waals surface area (Å²) in [6.45, 7) is 6.73. The highest BCUT2D eigenvalue weighted by molar-refractivity contribution is 5.85. The van der Waals surface area contributed by atoms with Gasteiger partial charge in [-0.1, -0.05) is 0 Å².